The van der Waals surface area contributed by atoms with Crippen LogP contribution in [-0.4, -0.2) is 5.91 Å². The molecule has 0 radical (unpaired) electrons. The van der Waals surface area contributed by atoms with Crippen LogP contribution in [0.25, 0.3) is 0 Å². The molecule has 1 aliphatic rings. The lowest BCUT2D eigenvalue weighted by Gasteiger charge is -2.20. The summed E-state index contributed by atoms with van der Waals surface area (Å²) < 4.78 is 0.896. The van der Waals surface area contributed by atoms with E-state index in [1.165, 1.54) is 0 Å². The Morgan fingerprint density at radius 3 is 2.93 bits per heavy atom. The highest BCUT2D eigenvalue weighted by atomic mass is 79.9. The van der Waals surface area contributed by atoms with Gasteiger partial charge >= 0.3 is 0 Å². The molecule has 1 aliphatic heterocycles. The molecule has 0 aromatic heterocycles. The maximum atomic E-state index is 11.2. The van der Waals surface area contributed by atoms with Gasteiger partial charge in [0.2, 0.25) is 5.91 Å². The molecule has 1 amide bonds. The van der Waals surface area contributed by atoms with Crippen molar-refractivity contribution < 1.29 is 4.79 Å². The van der Waals surface area contributed by atoms with Crippen molar-refractivity contribution in [3.8, 4) is 0 Å². The molecule has 14 heavy (non-hydrogen) atoms. The van der Waals surface area contributed by atoms with E-state index in [0.717, 1.165) is 32.7 Å². The van der Waals surface area contributed by atoms with Crippen LogP contribution in [0.3, 0.4) is 0 Å². The smallest absolute Gasteiger partial charge is 0.224 e. The van der Waals surface area contributed by atoms with Crippen molar-refractivity contribution in [3.05, 3.63) is 26.7 Å². The highest BCUT2D eigenvalue weighted by Crippen LogP contribution is 2.37. The molecule has 0 aliphatic carbocycles. The SMILES string of the molecule is Cc1c(Cl)cc2c(c1Br)NC(=O)CC2. The standard InChI is InChI=1S/C10H9BrClNO/c1-5-7(12)4-6-2-3-8(14)13-10(6)9(5)11/h4H,2-3H2,1H3,(H,13,14). The van der Waals surface area contributed by atoms with E-state index in [0.29, 0.717) is 6.42 Å². The summed E-state index contributed by atoms with van der Waals surface area (Å²) in [5.41, 5.74) is 2.95. The number of aryl methyl sites for hydroxylation is 1. The van der Waals surface area contributed by atoms with Gasteiger partial charge in [-0.15, -0.1) is 0 Å². The van der Waals surface area contributed by atoms with Gasteiger partial charge in [-0.1, -0.05) is 11.6 Å². The van der Waals surface area contributed by atoms with Crippen LogP contribution in [0.2, 0.25) is 5.02 Å². The van der Waals surface area contributed by atoms with Gasteiger partial charge < -0.3 is 5.32 Å². The first kappa shape index (κ1) is 9.99. The van der Waals surface area contributed by atoms with Gasteiger partial charge in [-0.25, -0.2) is 0 Å². The van der Waals surface area contributed by atoms with Crippen LogP contribution in [0, 0.1) is 6.92 Å². The summed E-state index contributed by atoms with van der Waals surface area (Å²) in [6.45, 7) is 1.92. The van der Waals surface area contributed by atoms with Crippen LogP contribution in [0.1, 0.15) is 17.5 Å². The van der Waals surface area contributed by atoms with E-state index in [1.807, 2.05) is 13.0 Å². The van der Waals surface area contributed by atoms with Gasteiger partial charge in [0.25, 0.3) is 0 Å². The number of hydrogen-bond acceptors (Lipinski definition) is 1. The van der Waals surface area contributed by atoms with E-state index < -0.39 is 0 Å². The van der Waals surface area contributed by atoms with Crippen molar-refractivity contribution in [2.45, 2.75) is 19.8 Å². The van der Waals surface area contributed by atoms with E-state index in [-0.39, 0.29) is 5.91 Å². The largest absolute Gasteiger partial charge is 0.325 e. The fraction of sp³-hybridized carbons (Fsp3) is 0.300. The molecule has 1 aromatic carbocycles. The van der Waals surface area contributed by atoms with E-state index >= 15 is 0 Å². The Labute approximate surface area is 95.8 Å². The minimum atomic E-state index is 0.0694. The molecule has 1 aromatic rings. The lowest BCUT2D eigenvalue weighted by molar-refractivity contribution is -0.116. The molecule has 0 unspecified atom stereocenters. The third-order valence-corrected chi connectivity index (χ3v) is 3.80. The molecule has 0 atom stereocenters. The number of hydrogen-bond donors (Lipinski definition) is 1. The molecular formula is C10H9BrClNO. The number of anilines is 1. The van der Waals surface area contributed by atoms with E-state index in [2.05, 4.69) is 21.2 Å². The van der Waals surface area contributed by atoms with Gasteiger partial charge in [0, 0.05) is 15.9 Å². The predicted molar refractivity (Wildman–Crippen MR) is 60.8 cm³/mol. The van der Waals surface area contributed by atoms with Gasteiger partial charge in [-0.2, -0.15) is 0 Å². The molecule has 0 fully saturated rings. The fourth-order valence-electron chi connectivity index (χ4n) is 1.55. The fourth-order valence-corrected chi connectivity index (χ4v) is 2.46. The summed E-state index contributed by atoms with van der Waals surface area (Å²) in [5, 5.41) is 3.59. The molecule has 1 heterocycles. The molecule has 1 N–H and O–H groups in total. The molecule has 0 saturated heterocycles. The summed E-state index contributed by atoms with van der Waals surface area (Å²) >= 11 is 9.49. The molecule has 0 bridgehead atoms. The van der Waals surface area contributed by atoms with Gasteiger partial charge in [0.15, 0.2) is 0 Å². The average Bonchev–Trinajstić information content (AvgIpc) is 2.16. The minimum absolute atomic E-state index is 0.0694. The number of benzene rings is 1. The zero-order chi connectivity index (χ0) is 10.3. The summed E-state index contributed by atoms with van der Waals surface area (Å²) in [7, 11) is 0. The predicted octanol–water partition coefficient (Wildman–Crippen LogP) is 3.30. The first-order valence-electron chi connectivity index (χ1n) is 4.37. The molecule has 0 saturated carbocycles. The van der Waals surface area contributed by atoms with Crippen LogP contribution < -0.4 is 5.32 Å². The summed E-state index contributed by atoms with van der Waals surface area (Å²) in [5.74, 6) is 0.0694. The number of nitrogens with one attached hydrogen (secondary N) is 1. The first-order chi connectivity index (χ1) is 6.59. The Kier molecular flexibility index (Phi) is 2.54. The van der Waals surface area contributed by atoms with Gasteiger partial charge in [-0.05, 0) is 46.5 Å². The molecule has 2 rings (SSSR count). The van der Waals surface area contributed by atoms with Gasteiger partial charge in [-0.3, -0.25) is 4.79 Å². The maximum absolute atomic E-state index is 11.2. The average molecular weight is 275 g/mol. The molecule has 74 valence electrons. The first-order valence-corrected chi connectivity index (χ1v) is 5.54. The van der Waals surface area contributed by atoms with Crippen molar-refractivity contribution >= 4 is 39.1 Å². The molecular weight excluding hydrogens is 265 g/mol. The van der Waals surface area contributed by atoms with Gasteiger partial charge in [0.1, 0.15) is 0 Å². The summed E-state index contributed by atoms with van der Waals surface area (Å²) in [6.07, 6.45) is 1.30. The topological polar surface area (TPSA) is 29.1 Å². The third kappa shape index (κ3) is 1.55. The van der Waals surface area contributed by atoms with Gasteiger partial charge in [0.05, 0.1) is 5.69 Å². The Morgan fingerprint density at radius 1 is 1.50 bits per heavy atom. The zero-order valence-electron chi connectivity index (χ0n) is 7.66. The quantitative estimate of drug-likeness (QED) is 0.773. The summed E-state index contributed by atoms with van der Waals surface area (Å²) in [4.78, 5) is 11.2. The second-order valence-corrected chi connectivity index (χ2v) is 4.58. The van der Waals surface area contributed by atoms with Crippen molar-refractivity contribution in [2.24, 2.45) is 0 Å². The van der Waals surface area contributed by atoms with Crippen molar-refractivity contribution in [2.75, 3.05) is 5.32 Å². The van der Waals surface area contributed by atoms with Crippen molar-refractivity contribution in [1.29, 1.82) is 0 Å². The number of fused-ring (bicyclic) bond motifs is 1. The molecule has 4 heteroatoms. The maximum Gasteiger partial charge on any atom is 0.224 e. The van der Waals surface area contributed by atoms with Crippen LogP contribution in [-0.2, 0) is 11.2 Å². The Bertz CT molecular complexity index is 417. The van der Waals surface area contributed by atoms with Crippen LogP contribution in [0.5, 0.6) is 0 Å². The van der Waals surface area contributed by atoms with Crippen molar-refractivity contribution in [3.63, 3.8) is 0 Å². The summed E-state index contributed by atoms with van der Waals surface area (Å²) in [6, 6.07) is 1.93. The number of carbonyl (C=O) groups is 1. The zero-order valence-corrected chi connectivity index (χ0v) is 10.00. The number of carbonyl (C=O) groups excluding carboxylic acids is 1. The molecule has 2 nitrogen and oxygen atoms in total. The van der Waals surface area contributed by atoms with E-state index in [9.17, 15) is 4.79 Å². The monoisotopic (exact) mass is 273 g/mol. The van der Waals surface area contributed by atoms with E-state index in [4.69, 9.17) is 11.6 Å². The highest BCUT2D eigenvalue weighted by Gasteiger charge is 2.19. The second-order valence-electron chi connectivity index (χ2n) is 3.38. The molecule has 0 spiro atoms. The van der Waals surface area contributed by atoms with E-state index in [1.54, 1.807) is 0 Å². The lowest BCUT2D eigenvalue weighted by atomic mass is 10.0. The highest BCUT2D eigenvalue weighted by molar-refractivity contribution is 9.10. The lowest BCUT2D eigenvalue weighted by Crippen LogP contribution is -2.19. The van der Waals surface area contributed by atoms with Crippen LogP contribution in [0.4, 0.5) is 5.69 Å². The number of halogens is 2. The number of amides is 1. The van der Waals surface area contributed by atoms with Crippen LogP contribution in [0.15, 0.2) is 10.5 Å². The number of rotatable bonds is 0. The third-order valence-electron chi connectivity index (χ3n) is 2.41. The Balaban J connectivity index is 2.60. The Morgan fingerprint density at radius 2 is 2.21 bits per heavy atom. The normalized spacial score (nSPS) is 14.9. The Hall–Kier alpha value is -0.540. The second kappa shape index (κ2) is 3.55. The van der Waals surface area contributed by atoms with Crippen LogP contribution >= 0.6 is 27.5 Å². The van der Waals surface area contributed by atoms with Crippen molar-refractivity contribution in [1.82, 2.24) is 0 Å². The minimum Gasteiger partial charge on any atom is -0.325 e.